The number of anilines is 1. The summed E-state index contributed by atoms with van der Waals surface area (Å²) in [4.78, 5) is 0.432. The quantitative estimate of drug-likeness (QED) is 0.828. The standard InChI is InChI=1S/C16H18N2OS/c1-11-8-13(6-7-15(11)16(17)20)18-10-12-4-3-5-14(9-12)19-2/h3-9,18H,10H2,1-2H3,(H2,17,20). The Morgan fingerprint density at radius 3 is 2.70 bits per heavy atom. The number of methoxy groups -OCH3 is 1. The van der Waals surface area contributed by atoms with Crippen LogP contribution in [0, 0.1) is 6.92 Å². The first-order valence-corrected chi connectivity index (χ1v) is 6.78. The Balaban J connectivity index is 2.07. The summed E-state index contributed by atoms with van der Waals surface area (Å²) < 4.78 is 5.21. The minimum Gasteiger partial charge on any atom is -0.497 e. The lowest BCUT2D eigenvalue weighted by Gasteiger charge is -2.10. The average molecular weight is 286 g/mol. The lowest BCUT2D eigenvalue weighted by atomic mass is 10.1. The second kappa shape index (κ2) is 6.39. The highest BCUT2D eigenvalue weighted by Gasteiger charge is 2.03. The number of thiocarbonyl (C=S) groups is 1. The van der Waals surface area contributed by atoms with Crippen molar-refractivity contribution in [3.8, 4) is 5.75 Å². The zero-order valence-electron chi connectivity index (χ0n) is 11.6. The summed E-state index contributed by atoms with van der Waals surface area (Å²) in [7, 11) is 1.67. The maximum Gasteiger partial charge on any atom is 0.119 e. The smallest absolute Gasteiger partial charge is 0.119 e. The van der Waals surface area contributed by atoms with E-state index in [0.29, 0.717) is 4.99 Å². The molecule has 20 heavy (non-hydrogen) atoms. The molecular formula is C16H18N2OS. The SMILES string of the molecule is COc1cccc(CNc2ccc(C(N)=S)c(C)c2)c1. The molecule has 2 aromatic rings. The summed E-state index contributed by atoms with van der Waals surface area (Å²) in [5, 5.41) is 3.38. The molecule has 2 rings (SSSR count). The fourth-order valence-electron chi connectivity index (χ4n) is 2.04. The Hall–Kier alpha value is -2.07. The van der Waals surface area contributed by atoms with Crippen molar-refractivity contribution in [2.24, 2.45) is 5.73 Å². The van der Waals surface area contributed by atoms with Gasteiger partial charge in [-0.1, -0.05) is 24.4 Å². The van der Waals surface area contributed by atoms with Crippen molar-refractivity contribution in [1.82, 2.24) is 0 Å². The molecular weight excluding hydrogens is 268 g/mol. The van der Waals surface area contributed by atoms with E-state index >= 15 is 0 Å². The van der Waals surface area contributed by atoms with Crippen molar-refractivity contribution in [3.05, 3.63) is 59.2 Å². The van der Waals surface area contributed by atoms with E-state index < -0.39 is 0 Å². The molecule has 0 aliphatic rings. The van der Waals surface area contributed by atoms with Gasteiger partial charge < -0.3 is 15.8 Å². The predicted molar refractivity (Wildman–Crippen MR) is 87.4 cm³/mol. The molecule has 4 heteroatoms. The monoisotopic (exact) mass is 286 g/mol. The molecule has 0 unspecified atom stereocenters. The van der Waals surface area contributed by atoms with Gasteiger partial charge in [0.15, 0.2) is 0 Å². The maximum absolute atomic E-state index is 5.66. The predicted octanol–water partition coefficient (Wildman–Crippen LogP) is 3.25. The van der Waals surface area contributed by atoms with Crippen molar-refractivity contribution in [3.63, 3.8) is 0 Å². The van der Waals surface area contributed by atoms with Crippen LogP contribution in [0.5, 0.6) is 5.75 Å². The van der Waals surface area contributed by atoms with Gasteiger partial charge in [-0.3, -0.25) is 0 Å². The summed E-state index contributed by atoms with van der Waals surface area (Å²) >= 11 is 5.01. The van der Waals surface area contributed by atoms with Crippen molar-refractivity contribution in [2.45, 2.75) is 13.5 Å². The van der Waals surface area contributed by atoms with Crippen LogP contribution in [0.4, 0.5) is 5.69 Å². The molecule has 2 aromatic carbocycles. The van der Waals surface area contributed by atoms with Crippen molar-refractivity contribution in [1.29, 1.82) is 0 Å². The van der Waals surface area contributed by atoms with Gasteiger partial charge in [0.05, 0.1) is 7.11 Å². The number of aryl methyl sites for hydroxylation is 1. The molecule has 0 aliphatic carbocycles. The molecule has 0 saturated carbocycles. The first kappa shape index (κ1) is 14.3. The first-order valence-electron chi connectivity index (χ1n) is 6.37. The molecule has 3 nitrogen and oxygen atoms in total. The van der Waals surface area contributed by atoms with Crippen molar-refractivity contribution >= 4 is 22.9 Å². The van der Waals surface area contributed by atoms with Gasteiger partial charge in [0, 0.05) is 17.8 Å². The third kappa shape index (κ3) is 3.48. The maximum atomic E-state index is 5.66. The Morgan fingerprint density at radius 2 is 2.05 bits per heavy atom. The van der Waals surface area contributed by atoms with E-state index in [-0.39, 0.29) is 0 Å². The molecule has 104 valence electrons. The van der Waals surface area contributed by atoms with Crippen LogP contribution in [-0.4, -0.2) is 12.1 Å². The molecule has 0 aromatic heterocycles. The Labute approximate surface area is 124 Å². The van der Waals surface area contributed by atoms with Gasteiger partial charge in [-0.2, -0.15) is 0 Å². The lowest BCUT2D eigenvalue weighted by molar-refractivity contribution is 0.414. The van der Waals surface area contributed by atoms with Gasteiger partial charge in [0.25, 0.3) is 0 Å². The van der Waals surface area contributed by atoms with Gasteiger partial charge in [-0.05, 0) is 48.4 Å². The third-order valence-corrected chi connectivity index (χ3v) is 3.34. The zero-order valence-corrected chi connectivity index (χ0v) is 12.5. The van der Waals surface area contributed by atoms with Crippen LogP contribution in [0.2, 0.25) is 0 Å². The second-order valence-corrected chi connectivity index (χ2v) is 5.04. The molecule has 0 spiro atoms. The minimum absolute atomic E-state index is 0.432. The van der Waals surface area contributed by atoms with Crippen LogP contribution < -0.4 is 15.8 Å². The van der Waals surface area contributed by atoms with E-state index in [4.69, 9.17) is 22.7 Å². The first-order chi connectivity index (χ1) is 9.60. The van der Waals surface area contributed by atoms with Gasteiger partial charge in [-0.25, -0.2) is 0 Å². The van der Waals surface area contributed by atoms with E-state index in [1.54, 1.807) is 7.11 Å². The van der Waals surface area contributed by atoms with Crippen molar-refractivity contribution < 1.29 is 4.74 Å². The lowest BCUT2D eigenvalue weighted by Crippen LogP contribution is -2.11. The minimum atomic E-state index is 0.432. The second-order valence-electron chi connectivity index (χ2n) is 4.60. The van der Waals surface area contributed by atoms with E-state index in [0.717, 1.165) is 29.1 Å². The number of nitrogens with one attached hydrogen (secondary N) is 1. The van der Waals surface area contributed by atoms with Crippen LogP contribution in [0.3, 0.4) is 0 Å². The molecule has 0 heterocycles. The molecule has 0 fully saturated rings. The molecule has 0 saturated heterocycles. The van der Waals surface area contributed by atoms with E-state index in [1.165, 1.54) is 5.56 Å². The highest BCUT2D eigenvalue weighted by Crippen LogP contribution is 2.17. The number of hydrogen-bond donors (Lipinski definition) is 2. The molecule has 0 bridgehead atoms. The molecule has 0 radical (unpaired) electrons. The molecule has 3 N–H and O–H groups in total. The topological polar surface area (TPSA) is 47.3 Å². The molecule has 0 aliphatic heterocycles. The van der Waals surface area contributed by atoms with E-state index in [9.17, 15) is 0 Å². The van der Waals surface area contributed by atoms with Gasteiger partial charge in [-0.15, -0.1) is 0 Å². The third-order valence-electron chi connectivity index (χ3n) is 3.12. The number of nitrogens with two attached hydrogens (primary N) is 1. The number of ether oxygens (including phenoxy) is 1. The van der Waals surface area contributed by atoms with Gasteiger partial charge in [0.1, 0.15) is 10.7 Å². The van der Waals surface area contributed by atoms with Crippen LogP contribution in [0.1, 0.15) is 16.7 Å². The highest BCUT2D eigenvalue weighted by atomic mass is 32.1. The summed E-state index contributed by atoms with van der Waals surface area (Å²) in [6, 6.07) is 14.0. The van der Waals surface area contributed by atoms with Gasteiger partial charge in [0.2, 0.25) is 0 Å². The Kier molecular flexibility index (Phi) is 4.58. The zero-order chi connectivity index (χ0) is 14.5. The Bertz CT molecular complexity index is 626. The van der Waals surface area contributed by atoms with Crippen LogP contribution in [0.25, 0.3) is 0 Å². The number of rotatable bonds is 5. The van der Waals surface area contributed by atoms with Crippen LogP contribution in [0.15, 0.2) is 42.5 Å². The van der Waals surface area contributed by atoms with Crippen LogP contribution in [-0.2, 0) is 6.54 Å². The average Bonchev–Trinajstić information content (AvgIpc) is 2.45. The van der Waals surface area contributed by atoms with Crippen molar-refractivity contribution in [2.75, 3.05) is 12.4 Å². The highest BCUT2D eigenvalue weighted by molar-refractivity contribution is 7.80. The fourth-order valence-corrected chi connectivity index (χ4v) is 2.27. The van der Waals surface area contributed by atoms with E-state index in [1.807, 2.05) is 37.3 Å². The summed E-state index contributed by atoms with van der Waals surface area (Å²) in [6.07, 6.45) is 0. The fraction of sp³-hybridized carbons (Fsp3) is 0.188. The number of benzene rings is 2. The normalized spacial score (nSPS) is 10.1. The van der Waals surface area contributed by atoms with E-state index in [2.05, 4.69) is 17.4 Å². The molecule has 0 atom stereocenters. The largest absolute Gasteiger partial charge is 0.497 e. The Morgan fingerprint density at radius 1 is 1.25 bits per heavy atom. The van der Waals surface area contributed by atoms with Gasteiger partial charge >= 0.3 is 0 Å². The molecule has 0 amide bonds. The summed E-state index contributed by atoms with van der Waals surface area (Å²) in [6.45, 7) is 2.74. The summed E-state index contributed by atoms with van der Waals surface area (Å²) in [5.41, 5.74) is 9.87. The van der Waals surface area contributed by atoms with Crippen LogP contribution >= 0.6 is 12.2 Å². The summed E-state index contributed by atoms with van der Waals surface area (Å²) in [5.74, 6) is 0.865. The number of hydrogen-bond acceptors (Lipinski definition) is 3.